The number of nitrogens with one attached hydrogen (secondary N) is 1. The number of rotatable bonds is 11. The van der Waals surface area contributed by atoms with Gasteiger partial charge in [0, 0.05) is 16.8 Å². The Morgan fingerprint density at radius 3 is 2.40 bits per heavy atom. The summed E-state index contributed by atoms with van der Waals surface area (Å²) in [6.07, 6.45) is 4.74. The lowest BCUT2D eigenvalue weighted by Gasteiger charge is -2.12. The molecule has 2 heterocycles. The molecule has 1 saturated heterocycles. The number of hydrogen-bond acceptors (Lipinski definition) is 10. The van der Waals surface area contributed by atoms with Gasteiger partial charge in [-0.3, -0.25) is 14.5 Å². The Kier molecular flexibility index (Phi) is 9.77. The van der Waals surface area contributed by atoms with Crippen LogP contribution in [0.25, 0.3) is 6.08 Å². The third-order valence-electron chi connectivity index (χ3n) is 6.29. The molecule has 0 unspecified atom stereocenters. The SMILES string of the molecule is COc1ccccc1/C=N/N=C1\S/C(=C\c2ccccc2OCC(=O)Nc2ccc(S(N)(=O)=O)cc2)C(=O)N1Cc1ccco1. The van der Waals surface area contributed by atoms with Gasteiger partial charge in [-0.05, 0) is 72.4 Å². The maximum absolute atomic E-state index is 13.5. The van der Waals surface area contributed by atoms with Gasteiger partial charge in [0.1, 0.15) is 17.3 Å². The molecule has 230 valence electrons. The number of sulfonamides is 1. The molecule has 0 saturated carbocycles. The van der Waals surface area contributed by atoms with Gasteiger partial charge >= 0.3 is 0 Å². The number of nitrogens with two attached hydrogens (primary N) is 1. The maximum Gasteiger partial charge on any atom is 0.267 e. The minimum atomic E-state index is -3.85. The summed E-state index contributed by atoms with van der Waals surface area (Å²) in [4.78, 5) is 27.8. The molecular weight excluding hydrogens is 619 g/mol. The molecule has 3 aromatic carbocycles. The highest BCUT2D eigenvalue weighted by Gasteiger charge is 2.34. The highest BCUT2D eigenvalue weighted by atomic mass is 32.2. The number of ether oxygens (including phenoxy) is 2. The number of primary sulfonamides is 1. The van der Waals surface area contributed by atoms with Crippen LogP contribution in [0.4, 0.5) is 5.69 Å². The fourth-order valence-corrected chi connectivity index (χ4v) is 5.58. The van der Waals surface area contributed by atoms with Crippen LogP contribution in [0.5, 0.6) is 11.5 Å². The number of carbonyl (C=O) groups excluding carboxylic acids is 2. The third kappa shape index (κ3) is 8.06. The predicted molar refractivity (Wildman–Crippen MR) is 171 cm³/mol. The smallest absolute Gasteiger partial charge is 0.267 e. The van der Waals surface area contributed by atoms with Gasteiger partial charge in [-0.15, -0.1) is 5.10 Å². The number of benzene rings is 3. The van der Waals surface area contributed by atoms with E-state index in [1.165, 1.54) is 35.4 Å². The number of amides is 2. The Morgan fingerprint density at radius 1 is 1.00 bits per heavy atom. The topological polar surface area (TPSA) is 166 Å². The largest absolute Gasteiger partial charge is 0.496 e. The van der Waals surface area contributed by atoms with E-state index in [4.69, 9.17) is 19.0 Å². The standard InChI is InChI=1S/C31H27N5O7S2/c1-41-26-10-4-3-8-22(26)18-33-35-31-36(19-24-9-6-16-42-24)30(38)28(44-31)17-21-7-2-5-11-27(21)43-20-29(37)34-23-12-14-25(15-13-23)45(32,39)40/h2-18H,19-20H2,1H3,(H,34,37)(H2,32,39,40)/b28-17-,33-18+,35-31-. The lowest BCUT2D eigenvalue weighted by Crippen LogP contribution is -2.28. The molecule has 0 spiro atoms. The Bertz CT molecular complexity index is 1890. The number of carbonyl (C=O) groups is 2. The van der Waals surface area contributed by atoms with Crippen molar-refractivity contribution in [2.75, 3.05) is 19.0 Å². The second-order valence-corrected chi connectivity index (χ2v) is 12.0. The molecule has 3 N–H and O–H groups in total. The zero-order valence-corrected chi connectivity index (χ0v) is 25.5. The van der Waals surface area contributed by atoms with Crippen LogP contribution in [0, 0.1) is 0 Å². The maximum atomic E-state index is 13.5. The number of nitrogens with zero attached hydrogens (tertiary/aromatic N) is 3. The second-order valence-electron chi connectivity index (χ2n) is 9.39. The first-order valence-corrected chi connectivity index (χ1v) is 15.7. The minimum Gasteiger partial charge on any atom is -0.496 e. The molecule has 0 radical (unpaired) electrons. The summed E-state index contributed by atoms with van der Waals surface area (Å²) in [6.45, 7) is -0.192. The van der Waals surface area contributed by atoms with Gasteiger partial charge in [0.05, 0.1) is 35.9 Å². The quantitative estimate of drug-likeness (QED) is 0.137. The van der Waals surface area contributed by atoms with Crippen molar-refractivity contribution in [1.29, 1.82) is 0 Å². The molecule has 2 amide bonds. The van der Waals surface area contributed by atoms with Crippen molar-refractivity contribution in [3.05, 3.63) is 113 Å². The van der Waals surface area contributed by atoms with Crippen molar-refractivity contribution in [2.45, 2.75) is 11.4 Å². The summed E-state index contributed by atoms with van der Waals surface area (Å²) >= 11 is 1.14. The highest BCUT2D eigenvalue weighted by Crippen LogP contribution is 2.35. The van der Waals surface area contributed by atoms with Crippen molar-refractivity contribution in [2.24, 2.45) is 15.3 Å². The first-order chi connectivity index (χ1) is 21.7. The number of hydrogen-bond donors (Lipinski definition) is 2. The second kappa shape index (κ2) is 14.1. The number of para-hydroxylation sites is 2. The molecule has 4 aromatic rings. The van der Waals surface area contributed by atoms with E-state index in [2.05, 4.69) is 15.5 Å². The van der Waals surface area contributed by atoms with Gasteiger partial charge in [0.25, 0.3) is 11.8 Å². The summed E-state index contributed by atoms with van der Waals surface area (Å²) < 4.78 is 39.5. The molecule has 14 heteroatoms. The van der Waals surface area contributed by atoms with Crippen molar-refractivity contribution in [3.63, 3.8) is 0 Å². The Labute approximate surface area is 263 Å². The average Bonchev–Trinajstić information content (AvgIpc) is 3.65. The van der Waals surface area contributed by atoms with Crippen LogP contribution in [-0.4, -0.2) is 50.2 Å². The summed E-state index contributed by atoms with van der Waals surface area (Å²) in [5, 5.41) is 16.6. The fourth-order valence-electron chi connectivity index (χ4n) is 4.13. The molecule has 45 heavy (non-hydrogen) atoms. The Morgan fingerprint density at radius 2 is 1.71 bits per heavy atom. The van der Waals surface area contributed by atoms with Crippen LogP contribution < -0.4 is 19.9 Å². The summed E-state index contributed by atoms with van der Waals surface area (Å²) in [5.41, 5.74) is 1.66. The van der Waals surface area contributed by atoms with E-state index < -0.39 is 15.9 Å². The molecular formula is C31H27N5O7S2. The Hall–Kier alpha value is -5.18. The van der Waals surface area contributed by atoms with E-state index in [0.717, 1.165) is 17.3 Å². The normalized spacial score (nSPS) is 15.2. The van der Waals surface area contributed by atoms with E-state index >= 15 is 0 Å². The summed E-state index contributed by atoms with van der Waals surface area (Å²) in [5.74, 6) is 0.794. The number of thioether (sulfide) groups is 1. The average molecular weight is 646 g/mol. The number of anilines is 1. The number of methoxy groups -OCH3 is 1. The lowest BCUT2D eigenvalue weighted by molar-refractivity contribution is -0.122. The first-order valence-electron chi connectivity index (χ1n) is 13.3. The predicted octanol–water partition coefficient (Wildman–Crippen LogP) is 4.46. The van der Waals surface area contributed by atoms with Crippen molar-refractivity contribution in [1.82, 2.24) is 4.90 Å². The van der Waals surface area contributed by atoms with E-state index in [1.807, 2.05) is 24.3 Å². The molecule has 12 nitrogen and oxygen atoms in total. The van der Waals surface area contributed by atoms with Gasteiger partial charge < -0.3 is 19.2 Å². The molecule has 0 atom stereocenters. The van der Waals surface area contributed by atoms with Gasteiger partial charge in [-0.25, -0.2) is 13.6 Å². The summed E-state index contributed by atoms with van der Waals surface area (Å²) in [6, 6.07) is 23.2. The number of furan rings is 1. The molecule has 1 aliphatic rings. The summed E-state index contributed by atoms with van der Waals surface area (Å²) in [7, 11) is -2.28. The monoisotopic (exact) mass is 645 g/mol. The van der Waals surface area contributed by atoms with Gasteiger partial charge in [0.2, 0.25) is 10.0 Å². The van der Waals surface area contributed by atoms with E-state index in [-0.39, 0.29) is 24.0 Å². The van der Waals surface area contributed by atoms with Crippen LogP contribution in [0.2, 0.25) is 0 Å². The Balaban J connectivity index is 1.32. The molecule has 0 bridgehead atoms. The number of amidine groups is 1. The van der Waals surface area contributed by atoms with E-state index in [0.29, 0.717) is 38.6 Å². The van der Waals surface area contributed by atoms with E-state index in [9.17, 15) is 18.0 Å². The van der Waals surface area contributed by atoms with E-state index in [1.54, 1.807) is 55.8 Å². The van der Waals surface area contributed by atoms with Crippen molar-refractivity contribution < 1.29 is 31.9 Å². The molecule has 0 aliphatic carbocycles. The van der Waals surface area contributed by atoms with Gasteiger partial charge in [-0.1, -0.05) is 30.3 Å². The lowest BCUT2D eigenvalue weighted by atomic mass is 10.2. The third-order valence-corrected chi connectivity index (χ3v) is 8.22. The van der Waals surface area contributed by atoms with Crippen molar-refractivity contribution in [3.8, 4) is 11.5 Å². The molecule has 1 fully saturated rings. The minimum absolute atomic E-state index is 0.0720. The fraction of sp³-hybridized carbons (Fsp3) is 0.0968. The van der Waals surface area contributed by atoms with Crippen LogP contribution in [0.1, 0.15) is 16.9 Å². The molecule has 5 rings (SSSR count). The van der Waals surface area contributed by atoms with Gasteiger partial charge in [0.15, 0.2) is 11.8 Å². The van der Waals surface area contributed by atoms with Crippen LogP contribution >= 0.6 is 11.8 Å². The highest BCUT2D eigenvalue weighted by molar-refractivity contribution is 8.18. The van der Waals surface area contributed by atoms with Crippen LogP contribution in [-0.2, 0) is 26.2 Å². The van der Waals surface area contributed by atoms with Crippen LogP contribution in [0.3, 0.4) is 0 Å². The van der Waals surface area contributed by atoms with Crippen molar-refractivity contribution >= 4 is 56.7 Å². The molecule has 1 aromatic heterocycles. The first kappa shape index (κ1) is 31.3. The zero-order chi connectivity index (χ0) is 31.8. The molecule has 1 aliphatic heterocycles. The van der Waals surface area contributed by atoms with Crippen LogP contribution in [0.15, 0.2) is 116 Å². The van der Waals surface area contributed by atoms with Gasteiger partial charge in [-0.2, -0.15) is 5.10 Å². The zero-order valence-electron chi connectivity index (χ0n) is 23.8.